The number of hydrogen-bond acceptors (Lipinski definition) is 6. The van der Waals surface area contributed by atoms with Crippen LogP contribution in [0.5, 0.6) is 0 Å². The molecular weight excluding hydrogens is 376 g/mol. The third-order valence-corrected chi connectivity index (χ3v) is 7.00. The number of hydrogen-bond donors (Lipinski definition) is 0. The first-order valence-electron chi connectivity index (χ1n) is 9.29. The van der Waals surface area contributed by atoms with E-state index in [0.29, 0.717) is 0 Å². The zero-order valence-electron chi connectivity index (χ0n) is 15.4. The third-order valence-electron chi connectivity index (χ3n) is 4.86. The number of carbonyl (C=O) groups excluding carboxylic acids is 1. The second-order valence-corrected chi connectivity index (χ2v) is 8.73. The average molecular weight is 399 g/mol. The van der Waals surface area contributed by atoms with Crippen molar-refractivity contribution in [2.24, 2.45) is 0 Å². The summed E-state index contributed by atoms with van der Waals surface area (Å²) in [6.45, 7) is 0. The maximum absolute atomic E-state index is 11.7. The van der Waals surface area contributed by atoms with Crippen LogP contribution >= 0.6 is 23.1 Å². The van der Waals surface area contributed by atoms with Gasteiger partial charge in [-0.2, -0.15) is 0 Å². The molecule has 0 bridgehead atoms. The number of aromatic nitrogens is 2. The van der Waals surface area contributed by atoms with Gasteiger partial charge in [-0.3, -0.25) is 4.79 Å². The van der Waals surface area contributed by atoms with Crippen LogP contribution in [0.1, 0.15) is 34.7 Å². The molecule has 0 atom stereocenters. The lowest BCUT2D eigenvalue weighted by Gasteiger charge is -2.12. The number of thioether (sulfide) groups is 1. The smallest absolute Gasteiger partial charge is 0.316 e. The number of thiophene rings is 1. The largest absolute Gasteiger partial charge is 0.468 e. The quantitative estimate of drug-likeness (QED) is 0.344. The lowest BCUT2D eigenvalue weighted by molar-refractivity contribution is -0.137. The molecular formula is C21H22N2O2S2. The van der Waals surface area contributed by atoms with E-state index in [2.05, 4.69) is 24.3 Å². The van der Waals surface area contributed by atoms with Gasteiger partial charge in [0, 0.05) is 16.7 Å². The summed E-state index contributed by atoms with van der Waals surface area (Å²) >= 11 is 3.29. The fourth-order valence-corrected chi connectivity index (χ4v) is 5.72. The van der Waals surface area contributed by atoms with Gasteiger partial charge >= 0.3 is 5.97 Å². The molecule has 4 nitrogen and oxygen atoms in total. The number of methoxy groups -OCH3 is 1. The second-order valence-electron chi connectivity index (χ2n) is 6.69. The molecule has 0 radical (unpaired) electrons. The van der Waals surface area contributed by atoms with Gasteiger partial charge in [-0.25, -0.2) is 9.97 Å². The number of nitrogens with zero attached hydrogens (tertiary/aromatic N) is 2. The molecule has 2 heterocycles. The normalized spacial score (nSPS) is 13.5. The van der Waals surface area contributed by atoms with Crippen molar-refractivity contribution < 1.29 is 9.53 Å². The molecule has 1 aromatic carbocycles. The summed E-state index contributed by atoms with van der Waals surface area (Å²) in [5.74, 6) is 0.921. The van der Waals surface area contributed by atoms with Gasteiger partial charge in [0.15, 0.2) is 0 Å². The highest BCUT2D eigenvalue weighted by Gasteiger charge is 2.22. The Kier molecular flexibility index (Phi) is 5.74. The molecule has 0 N–H and O–H groups in total. The number of fused-ring (bicyclic) bond motifs is 3. The summed E-state index contributed by atoms with van der Waals surface area (Å²) in [6, 6.07) is 10.4. The van der Waals surface area contributed by atoms with Crippen molar-refractivity contribution in [3.8, 4) is 0 Å². The zero-order valence-corrected chi connectivity index (χ0v) is 17.0. The molecule has 6 heteroatoms. The Morgan fingerprint density at radius 1 is 1.15 bits per heavy atom. The van der Waals surface area contributed by atoms with Crippen LogP contribution in [0.15, 0.2) is 35.4 Å². The van der Waals surface area contributed by atoms with Gasteiger partial charge in [0.25, 0.3) is 0 Å². The minimum Gasteiger partial charge on any atom is -0.468 e. The van der Waals surface area contributed by atoms with E-state index in [0.717, 1.165) is 41.4 Å². The first-order valence-corrected chi connectivity index (χ1v) is 11.1. The highest BCUT2D eigenvalue weighted by Crippen LogP contribution is 2.39. The maximum Gasteiger partial charge on any atom is 0.316 e. The van der Waals surface area contributed by atoms with Gasteiger partial charge in [0.05, 0.1) is 12.9 Å². The van der Waals surface area contributed by atoms with E-state index in [1.54, 1.807) is 0 Å². The van der Waals surface area contributed by atoms with Gasteiger partial charge in [-0.1, -0.05) is 42.1 Å². The minimum absolute atomic E-state index is 0.221. The molecule has 0 aliphatic heterocycles. The van der Waals surface area contributed by atoms with Crippen molar-refractivity contribution >= 4 is 39.3 Å². The van der Waals surface area contributed by atoms with E-state index < -0.39 is 0 Å². The van der Waals surface area contributed by atoms with Crippen molar-refractivity contribution in [3.05, 3.63) is 52.2 Å². The van der Waals surface area contributed by atoms with Crippen LogP contribution in [0.3, 0.4) is 0 Å². The van der Waals surface area contributed by atoms with Crippen LogP contribution in [0, 0.1) is 0 Å². The van der Waals surface area contributed by atoms with Gasteiger partial charge < -0.3 is 4.74 Å². The Morgan fingerprint density at radius 2 is 1.96 bits per heavy atom. The van der Waals surface area contributed by atoms with Crippen molar-refractivity contribution in [1.29, 1.82) is 0 Å². The molecule has 1 aliphatic carbocycles. The van der Waals surface area contributed by atoms with E-state index in [-0.39, 0.29) is 11.7 Å². The molecule has 1 aliphatic rings. The van der Waals surface area contributed by atoms with E-state index >= 15 is 0 Å². The highest BCUT2D eigenvalue weighted by molar-refractivity contribution is 8.00. The summed E-state index contributed by atoms with van der Waals surface area (Å²) in [6.07, 6.45) is 6.41. The Balaban J connectivity index is 1.66. The van der Waals surface area contributed by atoms with E-state index in [1.165, 1.54) is 53.1 Å². The molecule has 27 heavy (non-hydrogen) atoms. The van der Waals surface area contributed by atoms with Gasteiger partial charge in [0.2, 0.25) is 0 Å². The molecule has 0 saturated heterocycles. The number of rotatable bonds is 6. The van der Waals surface area contributed by atoms with Crippen LogP contribution < -0.4 is 0 Å². The molecule has 0 fully saturated rings. The molecule has 2 aromatic heterocycles. The number of esters is 1. The van der Waals surface area contributed by atoms with E-state index in [4.69, 9.17) is 14.7 Å². The lowest BCUT2D eigenvalue weighted by Crippen LogP contribution is -2.06. The molecule has 0 spiro atoms. The Hall–Kier alpha value is -1.92. The van der Waals surface area contributed by atoms with Crippen LogP contribution in [-0.2, 0) is 35.2 Å². The fourth-order valence-electron chi connectivity index (χ4n) is 3.47. The van der Waals surface area contributed by atoms with Gasteiger partial charge in [0.1, 0.15) is 15.7 Å². The topological polar surface area (TPSA) is 52.1 Å². The summed E-state index contributed by atoms with van der Waals surface area (Å²) in [5, 5.41) is 2.11. The van der Waals surface area contributed by atoms with Crippen molar-refractivity contribution in [3.63, 3.8) is 0 Å². The Bertz CT molecular complexity index is 954. The predicted molar refractivity (Wildman–Crippen MR) is 111 cm³/mol. The third kappa shape index (κ3) is 4.17. The number of ether oxygens (including phenoxy) is 1. The van der Waals surface area contributed by atoms with Crippen molar-refractivity contribution in [1.82, 2.24) is 9.97 Å². The van der Waals surface area contributed by atoms with Crippen LogP contribution in [0.4, 0.5) is 0 Å². The first kappa shape index (κ1) is 18.4. The van der Waals surface area contributed by atoms with Crippen LogP contribution in [-0.4, -0.2) is 28.8 Å². The fraction of sp³-hybridized carbons (Fsp3) is 0.381. The molecule has 140 valence electrons. The average Bonchev–Trinajstić information content (AvgIpc) is 3.09. The SMILES string of the molecule is COC(=O)CSc1nc(CCc2ccccc2)nc2sc3c(c12)CCCC3. The molecule has 0 unspecified atom stereocenters. The van der Waals surface area contributed by atoms with Crippen LogP contribution in [0.2, 0.25) is 0 Å². The Morgan fingerprint density at radius 3 is 2.78 bits per heavy atom. The van der Waals surface area contributed by atoms with E-state index in [9.17, 15) is 4.79 Å². The summed E-state index contributed by atoms with van der Waals surface area (Å²) < 4.78 is 4.81. The molecule has 0 saturated carbocycles. The summed E-state index contributed by atoms with van der Waals surface area (Å²) in [7, 11) is 1.43. The lowest BCUT2D eigenvalue weighted by atomic mass is 9.97. The van der Waals surface area contributed by atoms with Crippen LogP contribution in [0.25, 0.3) is 10.2 Å². The van der Waals surface area contributed by atoms with Gasteiger partial charge in [-0.05, 0) is 43.2 Å². The molecule has 0 amide bonds. The van der Waals surface area contributed by atoms with E-state index in [1.807, 2.05) is 17.4 Å². The summed E-state index contributed by atoms with van der Waals surface area (Å²) in [5.41, 5.74) is 2.69. The number of carbonyl (C=O) groups is 1. The Labute approximate surface area is 167 Å². The van der Waals surface area contributed by atoms with Gasteiger partial charge in [-0.15, -0.1) is 11.3 Å². The number of benzene rings is 1. The first-order chi connectivity index (χ1) is 13.2. The minimum atomic E-state index is -0.221. The van der Waals surface area contributed by atoms with Crippen molar-refractivity contribution in [2.75, 3.05) is 12.9 Å². The zero-order chi connectivity index (χ0) is 18.6. The van der Waals surface area contributed by atoms with Crippen molar-refractivity contribution in [2.45, 2.75) is 43.6 Å². The molecule has 3 aromatic rings. The standard InChI is InChI=1S/C21H22N2O2S2/c1-25-18(24)13-26-20-19-15-9-5-6-10-16(15)27-21(19)23-17(22-20)12-11-14-7-3-2-4-8-14/h2-4,7-8H,5-6,9-13H2,1H3. The predicted octanol–water partition coefficient (Wildman–Crippen LogP) is 4.62. The summed E-state index contributed by atoms with van der Waals surface area (Å²) in [4.78, 5) is 23.9. The molecule has 4 rings (SSSR count). The highest BCUT2D eigenvalue weighted by atomic mass is 32.2. The monoisotopic (exact) mass is 398 g/mol. The second kappa shape index (κ2) is 8.40. The number of aryl methyl sites for hydroxylation is 4. The maximum atomic E-state index is 11.7.